The number of hydrogen-bond donors (Lipinski definition) is 0. The molecule has 0 saturated carbocycles. The average molecular weight is 354 g/mol. The zero-order chi connectivity index (χ0) is 17.7. The number of carbonyl (C=O) groups is 1. The van der Waals surface area contributed by atoms with Gasteiger partial charge >= 0.3 is 0 Å². The molecule has 0 aliphatic carbocycles. The second-order valence-electron chi connectivity index (χ2n) is 6.13. The maximum absolute atomic E-state index is 12.8. The summed E-state index contributed by atoms with van der Waals surface area (Å²) in [6.07, 6.45) is 1.14. The predicted octanol–water partition coefficient (Wildman–Crippen LogP) is 2.11. The van der Waals surface area contributed by atoms with Crippen molar-refractivity contribution < 1.29 is 17.9 Å². The molecule has 7 heteroatoms. The Hall–Kier alpha value is -1.60. The Kier molecular flexibility index (Phi) is 6.23. The van der Waals surface area contributed by atoms with Crippen molar-refractivity contribution >= 4 is 15.9 Å². The molecule has 1 aromatic carbocycles. The summed E-state index contributed by atoms with van der Waals surface area (Å²) in [5, 5.41) is 0. The molecule has 1 aliphatic heterocycles. The van der Waals surface area contributed by atoms with Crippen molar-refractivity contribution in [3.63, 3.8) is 0 Å². The molecule has 0 radical (unpaired) electrons. The molecular formula is C17H26N2O4S. The number of nitrogens with zero attached hydrogens (tertiary/aromatic N) is 2. The first-order valence-corrected chi connectivity index (χ1v) is 9.83. The van der Waals surface area contributed by atoms with E-state index in [0.29, 0.717) is 44.8 Å². The van der Waals surface area contributed by atoms with Crippen molar-refractivity contribution in [2.75, 3.05) is 26.2 Å². The summed E-state index contributed by atoms with van der Waals surface area (Å²) in [7, 11) is -3.55. The van der Waals surface area contributed by atoms with Gasteiger partial charge in [-0.25, -0.2) is 8.42 Å². The minimum absolute atomic E-state index is 0.0418. The van der Waals surface area contributed by atoms with Crippen LogP contribution < -0.4 is 4.74 Å². The minimum atomic E-state index is -3.55. The van der Waals surface area contributed by atoms with E-state index in [1.807, 2.05) is 20.8 Å². The van der Waals surface area contributed by atoms with E-state index in [1.54, 1.807) is 29.2 Å². The van der Waals surface area contributed by atoms with Gasteiger partial charge in [0.1, 0.15) is 5.75 Å². The fourth-order valence-electron chi connectivity index (χ4n) is 2.72. The lowest BCUT2D eigenvalue weighted by molar-refractivity contribution is -0.130. The van der Waals surface area contributed by atoms with Gasteiger partial charge in [-0.05, 0) is 44.5 Å². The van der Waals surface area contributed by atoms with Crippen molar-refractivity contribution in [1.82, 2.24) is 9.21 Å². The molecule has 1 heterocycles. The van der Waals surface area contributed by atoms with Gasteiger partial charge < -0.3 is 9.64 Å². The van der Waals surface area contributed by atoms with Crippen LogP contribution in [0.5, 0.6) is 5.75 Å². The predicted molar refractivity (Wildman–Crippen MR) is 92.5 cm³/mol. The molecule has 6 nitrogen and oxygen atoms in total. The fraction of sp³-hybridized carbons (Fsp3) is 0.588. The zero-order valence-corrected chi connectivity index (χ0v) is 15.4. The summed E-state index contributed by atoms with van der Waals surface area (Å²) < 4.78 is 32.6. The lowest BCUT2D eigenvalue weighted by Gasteiger charge is -2.21. The standard InChI is InChI=1S/C17H26N2O4S/c1-4-17(20)18-10-5-11-19(13-12-18)24(21,22)16-8-6-15(7-9-16)23-14(2)3/h6-9,14H,4-5,10-13H2,1-3H3. The van der Waals surface area contributed by atoms with Crippen molar-refractivity contribution in [2.24, 2.45) is 0 Å². The molecule has 0 unspecified atom stereocenters. The smallest absolute Gasteiger partial charge is 0.243 e. The number of amides is 1. The van der Waals surface area contributed by atoms with Gasteiger partial charge in [0.05, 0.1) is 11.0 Å². The van der Waals surface area contributed by atoms with Crippen molar-refractivity contribution in [3.05, 3.63) is 24.3 Å². The van der Waals surface area contributed by atoms with E-state index in [-0.39, 0.29) is 16.9 Å². The summed E-state index contributed by atoms with van der Waals surface area (Å²) in [6, 6.07) is 6.51. The number of carbonyl (C=O) groups excluding carboxylic acids is 1. The molecule has 0 aromatic heterocycles. The molecule has 1 aromatic rings. The van der Waals surface area contributed by atoms with Gasteiger partial charge in [0, 0.05) is 32.6 Å². The average Bonchev–Trinajstić information content (AvgIpc) is 2.80. The first-order valence-electron chi connectivity index (χ1n) is 8.39. The second-order valence-corrected chi connectivity index (χ2v) is 8.07. The molecule has 24 heavy (non-hydrogen) atoms. The molecule has 2 rings (SSSR count). The minimum Gasteiger partial charge on any atom is -0.491 e. The molecule has 1 amide bonds. The van der Waals surface area contributed by atoms with E-state index in [2.05, 4.69) is 0 Å². The number of hydrogen-bond acceptors (Lipinski definition) is 4. The van der Waals surface area contributed by atoms with Crippen LogP contribution in [0.4, 0.5) is 0 Å². The largest absolute Gasteiger partial charge is 0.491 e. The Labute approximate surface area is 144 Å². The van der Waals surface area contributed by atoms with E-state index in [4.69, 9.17) is 4.74 Å². The van der Waals surface area contributed by atoms with Gasteiger partial charge in [-0.2, -0.15) is 4.31 Å². The Morgan fingerprint density at radius 2 is 1.79 bits per heavy atom. The van der Waals surface area contributed by atoms with Gasteiger partial charge in [0.25, 0.3) is 0 Å². The molecule has 1 aliphatic rings. The highest BCUT2D eigenvalue weighted by Gasteiger charge is 2.27. The number of rotatable bonds is 5. The molecule has 0 atom stereocenters. The molecular weight excluding hydrogens is 328 g/mol. The van der Waals surface area contributed by atoms with E-state index < -0.39 is 10.0 Å². The van der Waals surface area contributed by atoms with Crippen LogP contribution in [0.2, 0.25) is 0 Å². The molecule has 0 spiro atoms. The van der Waals surface area contributed by atoms with Crippen LogP contribution in [-0.2, 0) is 14.8 Å². The normalized spacial score (nSPS) is 16.9. The summed E-state index contributed by atoms with van der Waals surface area (Å²) in [4.78, 5) is 13.8. The van der Waals surface area contributed by atoms with E-state index in [9.17, 15) is 13.2 Å². The maximum Gasteiger partial charge on any atom is 0.243 e. The lowest BCUT2D eigenvalue weighted by Crippen LogP contribution is -2.37. The van der Waals surface area contributed by atoms with Gasteiger partial charge in [-0.1, -0.05) is 6.92 Å². The highest BCUT2D eigenvalue weighted by Crippen LogP contribution is 2.21. The van der Waals surface area contributed by atoms with Crippen molar-refractivity contribution in [3.8, 4) is 5.75 Å². The monoisotopic (exact) mass is 354 g/mol. The second kappa shape index (κ2) is 7.98. The van der Waals surface area contributed by atoms with Crippen LogP contribution in [0.25, 0.3) is 0 Å². The third-order valence-electron chi connectivity index (χ3n) is 3.94. The molecule has 0 N–H and O–H groups in total. The number of benzene rings is 1. The first-order chi connectivity index (χ1) is 11.3. The first kappa shape index (κ1) is 18.7. The zero-order valence-electron chi connectivity index (χ0n) is 14.6. The van der Waals surface area contributed by atoms with Crippen LogP contribution in [-0.4, -0.2) is 55.8 Å². The van der Waals surface area contributed by atoms with E-state index in [1.165, 1.54) is 4.31 Å². The quantitative estimate of drug-likeness (QED) is 0.812. The molecule has 1 fully saturated rings. The third kappa shape index (κ3) is 4.48. The van der Waals surface area contributed by atoms with Crippen LogP contribution in [0.1, 0.15) is 33.6 Å². The Morgan fingerprint density at radius 3 is 2.38 bits per heavy atom. The third-order valence-corrected chi connectivity index (χ3v) is 5.86. The summed E-state index contributed by atoms with van der Waals surface area (Å²) in [6.45, 7) is 7.48. The van der Waals surface area contributed by atoms with Crippen LogP contribution in [0.3, 0.4) is 0 Å². The maximum atomic E-state index is 12.8. The van der Waals surface area contributed by atoms with Crippen molar-refractivity contribution in [2.45, 2.75) is 44.6 Å². The van der Waals surface area contributed by atoms with Crippen LogP contribution in [0.15, 0.2) is 29.2 Å². The Morgan fingerprint density at radius 1 is 1.12 bits per heavy atom. The SMILES string of the molecule is CCC(=O)N1CCCN(S(=O)(=O)c2ccc(OC(C)C)cc2)CC1. The van der Waals surface area contributed by atoms with Crippen molar-refractivity contribution in [1.29, 1.82) is 0 Å². The molecule has 1 saturated heterocycles. The van der Waals surface area contributed by atoms with E-state index >= 15 is 0 Å². The lowest BCUT2D eigenvalue weighted by atomic mass is 10.3. The van der Waals surface area contributed by atoms with Crippen LogP contribution >= 0.6 is 0 Å². The number of sulfonamides is 1. The molecule has 0 bridgehead atoms. The topological polar surface area (TPSA) is 66.9 Å². The molecule has 134 valence electrons. The van der Waals surface area contributed by atoms with Gasteiger partial charge in [-0.15, -0.1) is 0 Å². The van der Waals surface area contributed by atoms with E-state index in [0.717, 1.165) is 0 Å². The summed E-state index contributed by atoms with van der Waals surface area (Å²) in [5.74, 6) is 0.726. The highest BCUT2D eigenvalue weighted by molar-refractivity contribution is 7.89. The van der Waals surface area contributed by atoms with Crippen LogP contribution in [0, 0.1) is 0 Å². The van der Waals surface area contributed by atoms with Gasteiger partial charge in [0.2, 0.25) is 15.9 Å². The Bertz CT molecular complexity index is 656. The van der Waals surface area contributed by atoms with Gasteiger partial charge in [0.15, 0.2) is 0 Å². The fourth-order valence-corrected chi connectivity index (χ4v) is 4.19. The summed E-state index contributed by atoms with van der Waals surface area (Å²) >= 11 is 0. The number of ether oxygens (including phenoxy) is 1. The Balaban J connectivity index is 2.10. The highest BCUT2D eigenvalue weighted by atomic mass is 32.2. The summed E-state index contributed by atoms with van der Waals surface area (Å²) in [5.41, 5.74) is 0. The van der Waals surface area contributed by atoms with Gasteiger partial charge in [-0.3, -0.25) is 4.79 Å².